The zero-order chi connectivity index (χ0) is 16.2. The van der Waals surface area contributed by atoms with Crippen molar-refractivity contribution in [3.63, 3.8) is 0 Å². The molecule has 4 rings (SSSR count). The monoisotopic (exact) mass is 346 g/mol. The molecule has 2 aliphatic rings. The van der Waals surface area contributed by atoms with Gasteiger partial charge < -0.3 is 14.6 Å². The minimum Gasteiger partial charge on any atom is -0.376 e. The molecule has 2 saturated heterocycles. The normalized spacial score (nSPS) is 22.1. The van der Waals surface area contributed by atoms with Gasteiger partial charge in [-0.15, -0.1) is 10.2 Å². The molecule has 7 nitrogen and oxygen atoms in total. The van der Waals surface area contributed by atoms with E-state index in [1.165, 1.54) is 11.8 Å². The van der Waals surface area contributed by atoms with Gasteiger partial charge >= 0.3 is 0 Å². The zero-order valence-electron chi connectivity index (χ0n) is 13.6. The quantitative estimate of drug-likeness (QED) is 0.885. The molecule has 1 N–H and O–H groups in total. The molecule has 0 aliphatic carbocycles. The van der Waals surface area contributed by atoms with Crippen LogP contribution in [0.1, 0.15) is 37.4 Å². The molecule has 8 heteroatoms. The lowest BCUT2D eigenvalue weighted by molar-refractivity contribution is 0.0936. The predicted molar refractivity (Wildman–Crippen MR) is 90.0 cm³/mol. The minimum atomic E-state index is 0.266. The number of rotatable bonds is 5. The molecule has 4 heterocycles. The first-order valence-corrected chi connectivity index (χ1v) is 9.41. The highest BCUT2D eigenvalue weighted by Crippen LogP contribution is 2.31. The summed E-state index contributed by atoms with van der Waals surface area (Å²) in [6.07, 6.45) is 9.89. The van der Waals surface area contributed by atoms with E-state index in [4.69, 9.17) is 4.74 Å². The third kappa shape index (κ3) is 3.60. The molecule has 24 heavy (non-hydrogen) atoms. The summed E-state index contributed by atoms with van der Waals surface area (Å²) in [5, 5.41) is 14.1. The number of piperidine rings is 1. The molecule has 0 amide bonds. The van der Waals surface area contributed by atoms with Crippen LogP contribution >= 0.6 is 11.8 Å². The maximum atomic E-state index is 5.85. The van der Waals surface area contributed by atoms with Crippen LogP contribution in [0.5, 0.6) is 0 Å². The van der Waals surface area contributed by atoms with Crippen LogP contribution < -0.4 is 5.32 Å². The number of ether oxygens (including phenoxy) is 1. The summed E-state index contributed by atoms with van der Waals surface area (Å²) in [5.41, 5.74) is 0. The summed E-state index contributed by atoms with van der Waals surface area (Å²) in [6.45, 7) is 3.78. The summed E-state index contributed by atoms with van der Waals surface area (Å²) >= 11 is 1.53. The minimum absolute atomic E-state index is 0.266. The number of nitrogens with one attached hydrogen (secondary N) is 1. The van der Waals surface area contributed by atoms with Crippen molar-refractivity contribution in [1.29, 1.82) is 0 Å². The van der Waals surface area contributed by atoms with E-state index in [2.05, 4.69) is 30.0 Å². The van der Waals surface area contributed by atoms with Gasteiger partial charge in [-0.3, -0.25) is 4.98 Å². The van der Waals surface area contributed by atoms with E-state index < -0.39 is 0 Å². The van der Waals surface area contributed by atoms with Gasteiger partial charge in [0.15, 0.2) is 5.16 Å². The molecular weight excluding hydrogens is 324 g/mol. The van der Waals surface area contributed by atoms with E-state index in [-0.39, 0.29) is 6.10 Å². The summed E-state index contributed by atoms with van der Waals surface area (Å²) in [4.78, 5) is 8.48. The van der Waals surface area contributed by atoms with Crippen molar-refractivity contribution < 1.29 is 4.74 Å². The van der Waals surface area contributed by atoms with Crippen molar-refractivity contribution in [1.82, 2.24) is 30.0 Å². The second kappa shape index (κ2) is 7.58. The Morgan fingerprint density at radius 1 is 1.21 bits per heavy atom. The predicted octanol–water partition coefficient (Wildman–Crippen LogP) is 1.87. The standard InChI is InChI=1S/C16H22N6OS/c1-2-13(23-9-1)11-22-15(12-3-5-17-6-4-12)20-21-16(22)24-14-10-18-7-8-19-14/h7-8,10,12-13,17H,1-6,9,11H2. The fourth-order valence-electron chi connectivity index (χ4n) is 3.35. The second-order valence-corrected chi connectivity index (χ2v) is 7.24. The van der Waals surface area contributed by atoms with Crippen LogP contribution in [0.2, 0.25) is 0 Å². The molecule has 0 bridgehead atoms. The van der Waals surface area contributed by atoms with Crippen molar-refractivity contribution in [2.75, 3.05) is 19.7 Å². The first-order chi connectivity index (χ1) is 11.9. The summed E-state index contributed by atoms with van der Waals surface area (Å²) in [6, 6.07) is 0. The van der Waals surface area contributed by atoms with Gasteiger partial charge in [-0.05, 0) is 50.5 Å². The Morgan fingerprint density at radius 3 is 2.88 bits per heavy atom. The van der Waals surface area contributed by atoms with Gasteiger partial charge in [0.05, 0.1) is 18.8 Å². The van der Waals surface area contributed by atoms with Crippen LogP contribution in [-0.4, -0.2) is 50.5 Å². The third-order valence-electron chi connectivity index (χ3n) is 4.60. The van der Waals surface area contributed by atoms with Crippen LogP contribution in [-0.2, 0) is 11.3 Å². The van der Waals surface area contributed by atoms with Crippen molar-refractivity contribution in [2.24, 2.45) is 0 Å². The highest BCUT2D eigenvalue weighted by Gasteiger charge is 2.26. The summed E-state index contributed by atoms with van der Waals surface area (Å²) in [5.74, 6) is 1.56. The average molecular weight is 346 g/mol. The highest BCUT2D eigenvalue weighted by molar-refractivity contribution is 7.99. The maximum absolute atomic E-state index is 5.85. The molecule has 2 aliphatic heterocycles. The van der Waals surface area contributed by atoms with E-state index in [1.54, 1.807) is 18.6 Å². The molecule has 1 unspecified atom stereocenters. The number of nitrogens with zero attached hydrogens (tertiary/aromatic N) is 5. The molecule has 0 aromatic carbocycles. The molecule has 128 valence electrons. The molecule has 0 radical (unpaired) electrons. The largest absolute Gasteiger partial charge is 0.376 e. The molecule has 2 aromatic rings. The zero-order valence-corrected chi connectivity index (χ0v) is 14.4. The van der Waals surface area contributed by atoms with Crippen LogP contribution in [0.25, 0.3) is 0 Å². The van der Waals surface area contributed by atoms with Gasteiger partial charge in [-0.2, -0.15) is 0 Å². The average Bonchev–Trinajstić information content (AvgIpc) is 3.28. The SMILES string of the molecule is c1cnc(Sc2nnc(C3CCNCC3)n2CC2CCCO2)cn1. The first kappa shape index (κ1) is 16.0. The van der Waals surface area contributed by atoms with Crippen molar-refractivity contribution in [3.8, 4) is 0 Å². The van der Waals surface area contributed by atoms with Crippen molar-refractivity contribution in [3.05, 3.63) is 24.4 Å². The Bertz CT molecular complexity index is 652. The van der Waals surface area contributed by atoms with Gasteiger partial charge in [0.1, 0.15) is 10.9 Å². The van der Waals surface area contributed by atoms with Crippen LogP contribution in [0.3, 0.4) is 0 Å². The van der Waals surface area contributed by atoms with Gasteiger partial charge in [0.2, 0.25) is 0 Å². The van der Waals surface area contributed by atoms with E-state index in [1.807, 2.05) is 0 Å². The smallest absolute Gasteiger partial charge is 0.197 e. The van der Waals surface area contributed by atoms with Crippen molar-refractivity contribution in [2.45, 2.75) is 54.4 Å². The van der Waals surface area contributed by atoms with Crippen LogP contribution in [0, 0.1) is 0 Å². The Kier molecular flexibility index (Phi) is 5.05. The lowest BCUT2D eigenvalue weighted by Crippen LogP contribution is -2.29. The van der Waals surface area contributed by atoms with E-state index in [0.29, 0.717) is 5.92 Å². The van der Waals surface area contributed by atoms with Crippen LogP contribution in [0.4, 0.5) is 0 Å². The van der Waals surface area contributed by atoms with Gasteiger partial charge in [-0.25, -0.2) is 4.98 Å². The molecule has 2 aromatic heterocycles. The molecule has 0 saturated carbocycles. The Hall–Kier alpha value is -1.51. The van der Waals surface area contributed by atoms with E-state index in [9.17, 15) is 0 Å². The number of hydrogen-bond donors (Lipinski definition) is 1. The Balaban J connectivity index is 1.60. The van der Waals surface area contributed by atoms with Crippen molar-refractivity contribution >= 4 is 11.8 Å². The van der Waals surface area contributed by atoms with Crippen LogP contribution in [0.15, 0.2) is 28.8 Å². The number of aromatic nitrogens is 5. The lowest BCUT2D eigenvalue weighted by Gasteiger charge is -2.23. The Morgan fingerprint density at radius 2 is 2.12 bits per heavy atom. The molecular formula is C16H22N6OS. The summed E-state index contributed by atoms with van der Waals surface area (Å²) < 4.78 is 8.10. The fourth-order valence-corrected chi connectivity index (χ4v) is 4.13. The second-order valence-electron chi connectivity index (χ2n) is 6.26. The molecule has 1 atom stereocenters. The van der Waals surface area contributed by atoms with Gasteiger partial charge in [0.25, 0.3) is 0 Å². The highest BCUT2D eigenvalue weighted by atomic mass is 32.2. The third-order valence-corrected chi connectivity index (χ3v) is 5.50. The number of hydrogen-bond acceptors (Lipinski definition) is 7. The van der Waals surface area contributed by atoms with Gasteiger partial charge in [-0.1, -0.05) is 0 Å². The Labute approximate surface area is 145 Å². The van der Waals surface area contributed by atoms with Gasteiger partial charge in [0, 0.05) is 24.9 Å². The molecule has 2 fully saturated rings. The lowest BCUT2D eigenvalue weighted by atomic mass is 9.97. The van der Waals surface area contributed by atoms with E-state index >= 15 is 0 Å². The summed E-state index contributed by atoms with van der Waals surface area (Å²) in [7, 11) is 0. The fraction of sp³-hybridized carbons (Fsp3) is 0.625. The maximum Gasteiger partial charge on any atom is 0.197 e. The topological polar surface area (TPSA) is 77.8 Å². The molecule has 0 spiro atoms. The van der Waals surface area contributed by atoms with E-state index in [0.717, 1.165) is 67.9 Å². The first-order valence-electron chi connectivity index (χ1n) is 8.59.